The maximum atomic E-state index is 15.0. The van der Waals surface area contributed by atoms with E-state index in [0.29, 0.717) is 48.5 Å². The molecule has 0 saturated carbocycles. The lowest BCUT2D eigenvalue weighted by Crippen LogP contribution is -2.33. The Morgan fingerprint density at radius 1 is 1.26 bits per heavy atom. The van der Waals surface area contributed by atoms with Crippen molar-refractivity contribution >= 4 is 23.3 Å². The van der Waals surface area contributed by atoms with Gasteiger partial charge in [-0.05, 0) is 43.2 Å². The Hall–Kier alpha value is -3.53. The molecule has 0 aliphatic carbocycles. The molecular formula is C25H30F2N4O4. The molecule has 8 nitrogen and oxygen atoms in total. The fourth-order valence-corrected chi connectivity index (χ4v) is 3.75. The normalized spacial score (nSPS) is 15.2. The number of benzene rings is 1. The van der Waals surface area contributed by atoms with Crippen LogP contribution in [0.1, 0.15) is 32.9 Å². The van der Waals surface area contributed by atoms with Crippen molar-refractivity contribution in [1.82, 2.24) is 14.7 Å². The topological polar surface area (TPSA) is 85.2 Å². The summed E-state index contributed by atoms with van der Waals surface area (Å²) in [6.07, 6.45) is 3.66. The first kappa shape index (κ1) is 26.1. The van der Waals surface area contributed by atoms with Gasteiger partial charge >= 0.3 is 6.09 Å². The zero-order valence-corrected chi connectivity index (χ0v) is 18.8. The molecule has 3 heterocycles. The van der Waals surface area contributed by atoms with Gasteiger partial charge in [0.2, 0.25) is 5.91 Å². The van der Waals surface area contributed by atoms with Crippen LogP contribution in [-0.2, 0) is 20.9 Å². The highest BCUT2D eigenvalue weighted by Gasteiger charge is 2.32. The van der Waals surface area contributed by atoms with Gasteiger partial charge in [0.1, 0.15) is 17.6 Å². The molecule has 3 aromatic rings. The number of nitrogens with zero attached hydrogens (tertiary/aromatic N) is 3. The quantitative estimate of drug-likeness (QED) is 0.425. The fourth-order valence-electron chi connectivity index (χ4n) is 3.75. The van der Waals surface area contributed by atoms with Crippen molar-refractivity contribution in [2.75, 3.05) is 31.3 Å². The number of aromatic nitrogens is 2. The summed E-state index contributed by atoms with van der Waals surface area (Å²) in [7, 11) is 0. The number of anilines is 1. The van der Waals surface area contributed by atoms with Gasteiger partial charge in [0.15, 0.2) is 0 Å². The number of fused-ring (bicyclic) bond motifs is 1. The molecule has 0 radical (unpaired) electrons. The molecule has 1 aliphatic rings. The molecule has 1 saturated heterocycles. The molecule has 1 fully saturated rings. The van der Waals surface area contributed by atoms with E-state index >= 15 is 4.39 Å². The zero-order valence-electron chi connectivity index (χ0n) is 18.8. The van der Waals surface area contributed by atoms with Crippen LogP contribution >= 0.6 is 0 Å². The molecule has 188 valence electrons. The van der Waals surface area contributed by atoms with E-state index in [1.165, 1.54) is 17.9 Å². The number of carbonyl (C=O) groups excluding carboxylic acids is 2. The van der Waals surface area contributed by atoms with Crippen molar-refractivity contribution in [3.05, 3.63) is 54.2 Å². The van der Waals surface area contributed by atoms with Crippen LogP contribution in [0.15, 0.2) is 42.7 Å². The van der Waals surface area contributed by atoms with Crippen molar-refractivity contribution in [2.45, 2.75) is 39.9 Å². The summed E-state index contributed by atoms with van der Waals surface area (Å²) in [5, 5.41) is 2.61. The summed E-state index contributed by atoms with van der Waals surface area (Å²) in [6, 6.07) is 8.15. The second-order valence-electron chi connectivity index (χ2n) is 8.08. The van der Waals surface area contributed by atoms with Crippen molar-refractivity contribution in [3.63, 3.8) is 0 Å². The molecule has 4 rings (SSSR count). The Morgan fingerprint density at radius 2 is 2.09 bits per heavy atom. The molecule has 0 unspecified atom stereocenters. The number of cyclic esters (lactones) is 1. The first-order chi connectivity index (χ1) is 16.4. The highest BCUT2D eigenvalue weighted by Crippen LogP contribution is 2.29. The number of halogens is 2. The van der Waals surface area contributed by atoms with Gasteiger partial charge < -0.3 is 19.2 Å². The maximum absolute atomic E-state index is 15.0. The number of pyridine rings is 1. The van der Waals surface area contributed by atoms with E-state index in [0.717, 1.165) is 5.69 Å². The fraction of sp³-hybridized carbons (Fsp3) is 0.400. The second-order valence-corrected chi connectivity index (χ2v) is 8.08. The second kappa shape index (κ2) is 11.7. The van der Waals surface area contributed by atoms with Crippen LogP contribution in [0.3, 0.4) is 0 Å². The molecular weight excluding hydrogens is 458 g/mol. The summed E-state index contributed by atoms with van der Waals surface area (Å²) in [5.74, 6) is -0.695. The van der Waals surface area contributed by atoms with Crippen LogP contribution in [0.5, 0.6) is 0 Å². The Morgan fingerprint density at radius 3 is 2.83 bits per heavy atom. The van der Waals surface area contributed by atoms with E-state index in [-0.39, 0.29) is 33.1 Å². The van der Waals surface area contributed by atoms with Crippen molar-refractivity contribution in [2.24, 2.45) is 0 Å². The van der Waals surface area contributed by atoms with Gasteiger partial charge in [0.25, 0.3) is 0 Å². The van der Waals surface area contributed by atoms with Gasteiger partial charge in [-0.3, -0.25) is 14.1 Å². The number of rotatable bonds is 10. The van der Waals surface area contributed by atoms with Crippen molar-refractivity contribution in [3.8, 4) is 11.1 Å². The minimum atomic E-state index is -0.582. The molecule has 1 N–H and O–H groups in total. The number of hydrogen-bond acceptors (Lipinski definition) is 5. The third kappa shape index (κ3) is 6.33. The lowest BCUT2D eigenvalue weighted by Gasteiger charge is -2.14. The summed E-state index contributed by atoms with van der Waals surface area (Å²) >= 11 is 0. The molecule has 35 heavy (non-hydrogen) atoms. The lowest BCUT2D eigenvalue weighted by atomic mass is 10.1. The number of alkyl halides is 1. The third-order valence-electron chi connectivity index (χ3n) is 5.45. The molecule has 1 aromatic carbocycles. The highest BCUT2D eigenvalue weighted by atomic mass is 19.1. The molecule has 0 spiro atoms. The van der Waals surface area contributed by atoms with Gasteiger partial charge in [-0.15, -0.1) is 0 Å². The molecule has 0 bridgehead atoms. The predicted octanol–water partition coefficient (Wildman–Crippen LogP) is 4.50. The minimum Gasteiger partial charge on any atom is -0.442 e. The summed E-state index contributed by atoms with van der Waals surface area (Å²) in [4.78, 5) is 29.1. The largest absolute Gasteiger partial charge is 0.442 e. The Kier molecular flexibility index (Phi) is 8.75. The number of hydrogen-bond donors (Lipinski definition) is 1. The van der Waals surface area contributed by atoms with E-state index in [4.69, 9.17) is 9.47 Å². The smallest absolute Gasteiger partial charge is 0.414 e. The Balaban J connectivity index is 0.00000342. The van der Waals surface area contributed by atoms with E-state index in [1.54, 1.807) is 34.9 Å². The van der Waals surface area contributed by atoms with E-state index in [1.807, 2.05) is 6.20 Å². The number of nitrogens with one attached hydrogen (secondary N) is 1. The predicted molar refractivity (Wildman–Crippen MR) is 128 cm³/mol. The first-order valence-corrected chi connectivity index (χ1v) is 11.1. The third-order valence-corrected chi connectivity index (χ3v) is 5.45. The molecule has 10 heteroatoms. The number of ether oxygens (including phenoxy) is 2. The Bertz CT molecular complexity index is 1180. The standard InChI is InChI=1S/C24H26F2N4O4.CH4/c1-16(31)27-11-20-14-30(24(32)34-20)19-5-6-21(22(26)10-19)17-4-7-23-28-18(13-29(23)12-17)15-33-9-3-2-8-25;/h4-7,10,12-13,20H,2-3,8-9,11,14-15H2,1H3,(H,27,31);1H4/t20-;/m0./s1. The average molecular weight is 489 g/mol. The monoisotopic (exact) mass is 488 g/mol. The van der Waals surface area contributed by atoms with Gasteiger partial charge in [0, 0.05) is 37.1 Å². The van der Waals surface area contributed by atoms with Crippen LogP contribution < -0.4 is 10.2 Å². The van der Waals surface area contributed by atoms with Gasteiger partial charge in [0.05, 0.1) is 37.8 Å². The van der Waals surface area contributed by atoms with E-state index in [2.05, 4.69) is 10.3 Å². The van der Waals surface area contributed by atoms with E-state index in [9.17, 15) is 14.0 Å². The molecule has 1 aliphatic heterocycles. The average Bonchev–Trinajstić information content (AvgIpc) is 3.39. The summed E-state index contributed by atoms with van der Waals surface area (Å²) in [5.41, 5.74) is 2.85. The minimum absolute atomic E-state index is 0. The van der Waals surface area contributed by atoms with Crippen LogP contribution in [0.4, 0.5) is 19.3 Å². The summed E-state index contributed by atoms with van der Waals surface area (Å²) < 4.78 is 39.7. The molecule has 1 atom stereocenters. The molecule has 2 amide bonds. The van der Waals surface area contributed by atoms with Crippen LogP contribution in [-0.4, -0.2) is 53.9 Å². The maximum Gasteiger partial charge on any atom is 0.414 e. The zero-order chi connectivity index (χ0) is 24.1. The number of carbonyl (C=O) groups is 2. The Labute approximate surface area is 202 Å². The number of unbranched alkanes of at least 4 members (excludes halogenated alkanes) is 1. The van der Waals surface area contributed by atoms with Crippen LogP contribution in [0, 0.1) is 5.82 Å². The van der Waals surface area contributed by atoms with Crippen LogP contribution in [0.2, 0.25) is 0 Å². The van der Waals surface area contributed by atoms with Gasteiger partial charge in [-0.2, -0.15) is 0 Å². The summed E-state index contributed by atoms with van der Waals surface area (Å²) in [6.45, 7) is 2.25. The van der Waals surface area contributed by atoms with Gasteiger partial charge in [-0.1, -0.05) is 7.43 Å². The van der Waals surface area contributed by atoms with Crippen molar-refractivity contribution in [1.29, 1.82) is 0 Å². The number of imidazole rings is 1. The highest BCUT2D eigenvalue weighted by molar-refractivity contribution is 5.90. The lowest BCUT2D eigenvalue weighted by molar-refractivity contribution is -0.119. The van der Waals surface area contributed by atoms with Crippen LogP contribution in [0.25, 0.3) is 16.8 Å². The van der Waals surface area contributed by atoms with E-state index < -0.39 is 18.0 Å². The van der Waals surface area contributed by atoms with Crippen molar-refractivity contribution < 1.29 is 27.8 Å². The van der Waals surface area contributed by atoms with Gasteiger partial charge in [-0.25, -0.2) is 14.2 Å². The number of amides is 2. The first-order valence-electron chi connectivity index (χ1n) is 11.1. The SMILES string of the molecule is C.CC(=O)NC[C@H]1CN(c2ccc(-c3ccc4nc(COCCCCF)cn4c3)c(F)c2)C(=O)O1. The molecule has 2 aromatic heterocycles.